The molecule has 2 aliphatic rings. The second kappa shape index (κ2) is 7.02. The maximum atomic E-state index is 12.1. The SMILES string of the molecule is CC(C)(C)OC(=O)N1CC[C@H]1COc1cncc([C@H]2C[C@@H]2CC=O)c1. The highest BCUT2D eigenvalue weighted by molar-refractivity contribution is 5.69. The van der Waals surface area contributed by atoms with Gasteiger partial charge in [-0.05, 0) is 57.1 Å². The number of aldehydes is 1. The highest BCUT2D eigenvalue weighted by Gasteiger charge is 2.38. The Labute approximate surface area is 148 Å². The van der Waals surface area contributed by atoms with Crippen LogP contribution in [0.2, 0.25) is 0 Å². The molecule has 0 radical (unpaired) electrons. The lowest BCUT2D eigenvalue weighted by molar-refractivity contribution is -0.108. The summed E-state index contributed by atoms with van der Waals surface area (Å²) in [6.07, 6.45) is 6.81. The fraction of sp³-hybridized carbons (Fsp3) is 0.632. The van der Waals surface area contributed by atoms with Gasteiger partial charge in [-0.1, -0.05) is 0 Å². The first kappa shape index (κ1) is 17.7. The van der Waals surface area contributed by atoms with E-state index in [2.05, 4.69) is 4.98 Å². The lowest BCUT2D eigenvalue weighted by Gasteiger charge is -2.40. The molecule has 1 saturated carbocycles. The normalized spacial score (nSPS) is 25.1. The van der Waals surface area contributed by atoms with Gasteiger partial charge in [-0.3, -0.25) is 4.98 Å². The van der Waals surface area contributed by atoms with Crippen molar-refractivity contribution in [3.63, 3.8) is 0 Å². The minimum absolute atomic E-state index is 0.0437. The molecule has 3 atom stereocenters. The van der Waals surface area contributed by atoms with E-state index in [0.717, 1.165) is 24.7 Å². The maximum Gasteiger partial charge on any atom is 0.410 e. The van der Waals surface area contributed by atoms with E-state index in [9.17, 15) is 9.59 Å². The number of ether oxygens (including phenoxy) is 2. The van der Waals surface area contributed by atoms with Gasteiger partial charge < -0.3 is 19.2 Å². The Morgan fingerprint density at radius 3 is 2.84 bits per heavy atom. The second-order valence-electron chi connectivity index (χ2n) is 7.89. The Morgan fingerprint density at radius 2 is 2.20 bits per heavy atom. The molecule has 1 amide bonds. The van der Waals surface area contributed by atoms with Crippen LogP contribution in [0.3, 0.4) is 0 Å². The highest BCUT2D eigenvalue weighted by Crippen LogP contribution is 2.49. The van der Waals surface area contributed by atoms with E-state index < -0.39 is 5.60 Å². The molecule has 1 saturated heterocycles. The summed E-state index contributed by atoms with van der Waals surface area (Å²) in [5, 5.41) is 0. The number of amides is 1. The van der Waals surface area contributed by atoms with Crippen molar-refractivity contribution in [1.82, 2.24) is 9.88 Å². The molecule has 136 valence electrons. The summed E-state index contributed by atoms with van der Waals surface area (Å²) < 4.78 is 11.3. The largest absolute Gasteiger partial charge is 0.490 e. The minimum atomic E-state index is -0.487. The van der Waals surface area contributed by atoms with Crippen LogP contribution in [0.5, 0.6) is 5.75 Å². The molecular weight excluding hydrogens is 320 g/mol. The van der Waals surface area contributed by atoms with Gasteiger partial charge in [0.2, 0.25) is 0 Å². The fourth-order valence-corrected chi connectivity index (χ4v) is 3.12. The minimum Gasteiger partial charge on any atom is -0.490 e. The molecule has 2 fully saturated rings. The Morgan fingerprint density at radius 1 is 1.40 bits per heavy atom. The van der Waals surface area contributed by atoms with Crippen molar-refractivity contribution >= 4 is 12.4 Å². The zero-order chi connectivity index (χ0) is 18.0. The van der Waals surface area contributed by atoms with Crippen LogP contribution in [0.4, 0.5) is 4.79 Å². The van der Waals surface area contributed by atoms with Crippen LogP contribution in [-0.2, 0) is 9.53 Å². The van der Waals surface area contributed by atoms with Crippen molar-refractivity contribution < 1.29 is 19.1 Å². The van der Waals surface area contributed by atoms with Crippen LogP contribution in [-0.4, -0.2) is 47.1 Å². The molecule has 0 spiro atoms. The van der Waals surface area contributed by atoms with Gasteiger partial charge in [0.05, 0.1) is 12.2 Å². The summed E-state index contributed by atoms with van der Waals surface area (Å²) in [4.78, 5) is 28.7. The number of carbonyl (C=O) groups is 2. The van der Waals surface area contributed by atoms with Gasteiger partial charge in [0.1, 0.15) is 24.2 Å². The molecule has 0 aromatic carbocycles. The number of nitrogens with zero attached hydrogens (tertiary/aromatic N) is 2. The van der Waals surface area contributed by atoms with E-state index in [1.807, 2.05) is 33.0 Å². The number of carbonyl (C=O) groups excluding carboxylic acids is 2. The molecule has 6 heteroatoms. The average molecular weight is 346 g/mol. The van der Waals surface area contributed by atoms with E-state index in [1.165, 1.54) is 0 Å². The predicted octanol–water partition coefficient (Wildman–Crippen LogP) is 3.16. The molecular formula is C19H26N2O4. The molecule has 0 N–H and O–H groups in total. The third-order valence-electron chi connectivity index (χ3n) is 4.70. The van der Waals surface area contributed by atoms with Crippen LogP contribution < -0.4 is 4.74 Å². The van der Waals surface area contributed by atoms with Gasteiger partial charge in [0, 0.05) is 19.2 Å². The predicted molar refractivity (Wildman–Crippen MR) is 92.6 cm³/mol. The van der Waals surface area contributed by atoms with Crippen LogP contribution in [0.15, 0.2) is 18.5 Å². The molecule has 1 aromatic heterocycles. The highest BCUT2D eigenvalue weighted by atomic mass is 16.6. The zero-order valence-electron chi connectivity index (χ0n) is 15.1. The summed E-state index contributed by atoms with van der Waals surface area (Å²) in [6.45, 7) is 6.73. The number of likely N-dealkylation sites (tertiary alicyclic amines) is 1. The lowest BCUT2D eigenvalue weighted by Crippen LogP contribution is -2.55. The Bertz CT molecular complexity index is 641. The Kier molecular flexibility index (Phi) is 4.97. The number of aromatic nitrogens is 1. The molecule has 2 heterocycles. The van der Waals surface area contributed by atoms with Crippen LogP contribution >= 0.6 is 0 Å². The van der Waals surface area contributed by atoms with Crippen molar-refractivity contribution in [3.05, 3.63) is 24.0 Å². The van der Waals surface area contributed by atoms with Crippen molar-refractivity contribution in [3.8, 4) is 5.75 Å². The zero-order valence-corrected chi connectivity index (χ0v) is 15.1. The van der Waals surface area contributed by atoms with Gasteiger partial charge in [0.15, 0.2) is 0 Å². The second-order valence-corrected chi connectivity index (χ2v) is 7.89. The third-order valence-corrected chi connectivity index (χ3v) is 4.70. The molecule has 0 bridgehead atoms. The summed E-state index contributed by atoms with van der Waals surface area (Å²) >= 11 is 0. The first-order valence-corrected chi connectivity index (χ1v) is 8.88. The summed E-state index contributed by atoms with van der Waals surface area (Å²) in [5.74, 6) is 1.58. The van der Waals surface area contributed by atoms with Gasteiger partial charge in [-0.15, -0.1) is 0 Å². The molecule has 1 aliphatic heterocycles. The standard InChI is InChI=1S/C19H26N2O4/c1-19(2,3)25-18(23)21-6-4-15(21)12-24-16-8-14(10-20-11-16)17-9-13(17)5-7-22/h7-8,10-11,13,15,17H,4-6,9,12H2,1-3H3/t13-,15-,17-/m0/s1. The first-order chi connectivity index (χ1) is 11.9. The summed E-state index contributed by atoms with van der Waals surface area (Å²) in [5.41, 5.74) is 0.639. The first-order valence-electron chi connectivity index (χ1n) is 8.88. The summed E-state index contributed by atoms with van der Waals surface area (Å²) in [7, 11) is 0. The molecule has 0 unspecified atom stereocenters. The molecule has 1 aliphatic carbocycles. The molecule has 25 heavy (non-hydrogen) atoms. The average Bonchev–Trinajstić information content (AvgIpc) is 3.24. The monoisotopic (exact) mass is 346 g/mol. The fourth-order valence-electron chi connectivity index (χ4n) is 3.12. The quantitative estimate of drug-likeness (QED) is 0.740. The van der Waals surface area contributed by atoms with E-state index in [0.29, 0.717) is 37.2 Å². The van der Waals surface area contributed by atoms with Gasteiger partial charge >= 0.3 is 6.09 Å². The van der Waals surface area contributed by atoms with E-state index in [-0.39, 0.29) is 12.1 Å². The maximum absolute atomic E-state index is 12.1. The van der Waals surface area contributed by atoms with Crippen molar-refractivity contribution in [2.45, 2.75) is 57.6 Å². The van der Waals surface area contributed by atoms with Crippen molar-refractivity contribution in [2.24, 2.45) is 5.92 Å². The lowest BCUT2D eigenvalue weighted by atomic mass is 10.1. The topological polar surface area (TPSA) is 68.7 Å². The molecule has 6 nitrogen and oxygen atoms in total. The third kappa shape index (κ3) is 4.50. The van der Waals surface area contributed by atoms with Crippen LogP contribution in [0, 0.1) is 5.92 Å². The van der Waals surface area contributed by atoms with Crippen molar-refractivity contribution in [2.75, 3.05) is 13.2 Å². The van der Waals surface area contributed by atoms with E-state index in [4.69, 9.17) is 9.47 Å². The molecule has 1 aromatic rings. The van der Waals surface area contributed by atoms with Gasteiger partial charge in [0.25, 0.3) is 0 Å². The number of rotatable bonds is 6. The molecule has 3 rings (SSSR count). The van der Waals surface area contributed by atoms with E-state index in [1.54, 1.807) is 11.1 Å². The van der Waals surface area contributed by atoms with Gasteiger partial charge in [-0.2, -0.15) is 0 Å². The smallest absolute Gasteiger partial charge is 0.410 e. The van der Waals surface area contributed by atoms with Crippen LogP contribution in [0.1, 0.15) is 51.5 Å². The van der Waals surface area contributed by atoms with Crippen LogP contribution in [0.25, 0.3) is 0 Å². The Hall–Kier alpha value is -2.11. The van der Waals surface area contributed by atoms with Gasteiger partial charge in [-0.25, -0.2) is 4.79 Å². The van der Waals surface area contributed by atoms with Crippen molar-refractivity contribution in [1.29, 1.82) is 0 Å². The summed E-state index contributed by atoms with van der Waals surface area (Å²) in [6, 6.07) is 2.04. The number of hydrogen-bond acceptors (Lipinski definition) is 5. The Balaban J connectivity index is 1.51. The number of pyridine rings is 1. The van der Waals surface area contributed by atoms with E-state index >= 15 is 0 Å². The number of hydrogen-bond donors (Lipinski definition) is 0.